The van der Waals surface area contributed by atoms with Crippen molar-refractivity contribution in [3.63, 3.8) is 0 Å². The average Bonchev–Trinajstić information content (AvgIpc) is 3.44. The number of allylic oxidation sites excluding steroid dienone is 2. The maximum Gasteiger partial charge on any atom is 0.315 e. The standard InChI is InChI=1S/C31H34BrNO6/c1-17-28(31(35)39-21-7-5-6-8-21)29(22-16-20(32)10-12-25(22)36-2)30-23(33-17)13-19(14-24(30)34)18-9-11-26(37-3)27(15-18)38-4/h9-12,15-16,19,21,28-29H,5-8,13-14H2,1-4H3/t19-,28?,29+/m1/s1. The monoisotopic (exact) mass is 595 g/mol. The van der Waals surface area contributed by atoms with E-state index in [0.717, 1.165) is 47.0 Å². The number of benzene rings is 2. The lowest BCUT2D eigenvalue weighted by Gasteiger charge is -2.37. The summed E-state index contributed by atoms with van der Waals surface area (Å²) in [4.78, 5) is 32.6. The molecule has 0 saturated heterocycles. The van der Waals surface area contributed by atoms with Crippen LogP contribution in [0.15, 0.2) is 57.1 Å². The van der Waals surface area contributed by atoms with Gasteiger partial charge in [0.2, 0.25) is 0 Å². The van der Waals surface area contributed by atoms with Gasteiger partial charge >= 0.3 is 5.97 Å². The average molecular weight is 597 g/mol. The number of carbonyl (C=O) groups is 2. The number of aliphatic imine (C=N–C) groups is 1. The molecule has 1 aliphatic heterocycles. The predicted octanol–water partition coefficient (Wildman–Crippen LogP) is 6.54. The number of hydrogen-bond donors (Lipinski definition) is 0. The van der Waals surface area contributed by atoms with Crippen molar-refractivity contribution in [3.05, 3.63) is 63.3 Å². The molecule has 2 aliphatic carbocycles. The van der Waals surface area contributed by atoms with Crippen LogP contribution in [0.4, 0.5) is 0 Å². The quantitative estimate of drug-likeness (QED) is 0.338. The van der Waals surface area contributed by atoms with Crippen LogP contribution in [-0.2, 0) is 14.3 Å². The second-order valence-electron chi connectivity index (χ2n) is 10.4. The summed E-state index contributed by atoms with van der Waals surface area (Å²) in [5.41, 5.74) is 3.73. The summed E-state index contributed by atoms with van der Waals surface area (Å²) in [5, 5.41) is 0. The Hall–Kier alpha value is -3.13. The van der Waals surface area contributed by atoms with E-state index >= 15 is 0 Å². The fourth-order valence-electron chi connectivity index (χ4n) is 6.24. The van der Waals surface area contributed by atoms with Crippen LogP contribution in [0.3, 0.4) is 0 Å². The molecule has 0 radical (unpaired) electrons. The first kappa shape index (κ1) is 27.4. The van der Waals surface area contributed by atoms with Crippen molar-refractivity contribution >= 4 is 33.4 Å². The van der Waals surface area contributed by atoms with E-state index in [-0.39, 0.29) is 23.8 Å². The van der Waals surface area contributed by atoms with Crippen molar-refractivity contribution in [3.8, 4) is 17.2 Å². The molecule has 1 saturated carbocycles. The van der Waals surface area contributed by atoms with Crippen molar-refractivity contribution in [1.29, 1.82) is 0 Å². The first-order valence-corrected chi connectivity index (χ1v) is 14.2. The van der Waals surface area contributed by atoms with E-state index in [1.807, 2.05) is 43.3 Å². The molecule has 0 amide bonds. The van der Waals surface area contributed by atoms with Gasteiger partial charge in [-0.25, -0.2) is 0 Å². The summed E-state index contributed by atoms with van der Waals surface area (Å²) in [6.45, 7) is 1.87. The van der Waals surface area contributed by atoms with Gasteiger partial charge in [0.25, 0.3) is 0 Å². The van der Waals surface area contributed by atoms with Crippen molar-refractivity contribution in [1.82, 2.24) is 0 Å². The second-order valence-corrected chi connectivity index (χ2v) is 11.4. The first-order chi connectivity index (χ1) is 18.8. The molecule has 0 N–H and O–H groups in total. The highest BCUT2D eigenvalue weighted by Crippen LogP contribution is 2.49. The molecule has 39 heavy (non-hydrogen) atoms. The summed E-state index contributed by atoms with van der Waals surface area (Å²) >= 11 is 3.58. The molecule has 0 bridgehead atoms. The highest BCUT2D eigenvalue weighted by atomic mass is 79.9. The molecule has 0 spiro atoms. The molecule has 1 heterocycles. The maximum atomic E-state index is 14.0. The summed E-state index contributed by atoms with van der Waals surface area (Å²) in [5.74, 6) is 0.233. The van der Waals surface area contributed by atoms with Gasteiger partial charge in [0.15, 0.2) is 17.3 Å². The molecule has 206 valence electrons. The van der Waals surface area contributed by atoms with Crippen LogP contribution >= 0.6 is 15.9 Å². The third-order valence-corrected chi connectivity index (χ3v) is 8.63. The van der Waals surface area contributed by atoms with Crippen LogP contribution in [0.25, 0.3) is 0 Å². The molecule has 2 aromatic carbocycles. The fraction of sp³-hybridized carbons (Fsp3) is 0.452. The van der Waals surface area contributed by atoms with Crippen LogP contribution in [0.1, 0.15) is 68.4 Å². The SMILES string of the molecule is COc1ccc([C@H]2CC(=O)C3=C(C2)N=C(C)C(C(=O)OC2CCCC2)[C@@H]3c2cc(Br)ccc2OC)cc1OC. The topological polar surface area (TPSA) is 83.4 Å². The van der Waals surface area contributed by atoms with Gasteiger partial charge in [0, 0.05) is 39.4 Å². The summed E-state index contributed by atoms with van der Waals surface area (Å²) < 4.78 is 23.5. The van der Waals surface area contributed by atoms with E-state index in [1.54, 1.807) is 21.3 Å². The van der Waals surface area contributed by atoms with Gasteiger partial charge in [-0.15, -0.1) is 0 Å². The van der Waals surface area contributed by atoms with Crippen LogP contribution in [-0.4, -0.2) is 44.9 Å². The minimum absolute atomic E-state index is 0.0158. The predicted molar refractivity (Wildman–Crippen MR) is 152 cm³/mol. The first-order valence-electron chi connectivity index (χ1n) is 13.4. The number of carbonyl (C=O) groups excluding carboxylic acids is 2. The molecular weight excluding hydrogens is 562 g/mol. The van der Waals surface area contributed by atoms with Crippen LogP contribution in [0.5, 0.6) is 17.2 Å². The van der Waals surface area contributed by atoms with Crippen molar-refractivity contribution in [2.45, 2.75) is 63.4 Å². The van der Waals surface area contributed by atoms with Crippen LogP contribution < -0.4 is 14.2 Å². The lowest BCUT2D eigenvalue weighted by Crippen LogP contribution is -2.39. The lowest BCUT2D eigenvalue weighted by molar-refractivity contribution is -0.151. The molecule has 1 unspecified atom stereocenters. The minimum atomic E-state index is -0.700. The Morgan fingerprint density at radius 2 is 1.62 bits per heavy atom. The van der Waals surface area contributed by atoms with Gasteiger partial charge in [-0.05, 0) is 80.8 Å². The molecule has 7 nitrogen and oxygen atoms in total. The summed E-state index contributed by atoms with van der Waals surface area (Å²) in [6, 6.07) is 11.5. The minimum Gasteiger partial charge on any atom is -0.496 e. The summed E-state index contributed by atoms with van der Waals surface area (Å²) in [7, 11) is 4.81. The van der Waals surface area contributed by atoms with Crippen molar-refractivity contribution < 1.29 is 28.5 Å². The highest BCUT2D eigenvalue weighted by Gasteiger charge is 2.46. The van der Waals surface area contributed by atoms with Gasteiger partial charge in [-0.2, -0.15) is 0 Å². The summed E-state index contributed by atoms with van der Waals surface area (Å²) in [6.07, 6.45) is 4.67. The van der Waals surface area contributed by atoms with E-state index in [1.165, 1.54) is 0 Å². The second kappa shape index (κ2) is 11.5. The largest absolute Gasteiger partial charge is 0.496 e. The van der Waals surface area contributed by atoms with Crippen molar-refractivity contribution in [2.24, 2.45) is 10.9 Å². The number of ketones is 1. The van der Waals surface area contributed by atoms with Gasteiger partial charge < -0.3 is 18.9 Å². The molecule has 3 aliphatic rings. The molecule has 5 rings (SSSR count). The number of rotatable bonds is 7. The van der Waals surface area contributed by atoms with Crippen LogP contribution in [0, 0.1) is 5.92 Å². The van der Waals surface area contributed by atoms with E-state index in [2.05, 4.69) is 15.9 Å². The molecular formula is C31H34BrNO6. The van der Waals surface area contributed by atoms with Gasteiger partial charge in [0.05, 0.1) is 21.3 Å². The molecule has 8 heteroatoms. The molecule has 1 fully saturated rings. The lowest BCUT2D eigenvalue weighted by atomic mass is 9.69. The van der Waals surface area contributed by atoms with Gasteiger partial charge in [-0.3, -0.25) is 14.6 Å². The van der Waals surface area contributed by atoms with E-state index in [4.69, 9.17) is 23.9 Å². The fourth-order valence-corrected chi connectivity index (χ4v) is 6.61. The number of Topliss-reactive ketones (excluding diaryl/α,β-unsaturated/α-hetero) is 1. The number of nitrogens with zero attached hydrogens (tertiary/aromatic N) is 1. The van der Waals surface area contributed by atoms with E-state index in [9.17, 15) is 9.59 Å². The molecule has 3 atom stereocenters. The number of hydrogen-bond acceptors (Lipinski definition) is 7. The van der Waals surface area contributed by atoms with E-state index in [0.29, 0.717) is 41.4 Å². The third-order valence-electron chi connectivity index (χ3n) is 8.13. The zero-order valence-corrected chi connectivity index (χ0v) is 24.4. The number of ether oxygens (including phenoxy) is 4. The molecule has 0 aromatic heterocycles. The Balaban J connectivity index is 1.57. The number of esters is 1. The Labute approximate surface area is 237 Å². The van der Waals surface area contributed by atoms with Gasteiger partial charge in [-0.1, -0.05) is 22.0 Å². The zero-order chi connectivity index (χ0) is 27.7. The maximum absolute atomic E-state index is 14.0. The smallest absolute Gasteiger partial charge is 0.315 e. The van der Waals surface area contributed by atoms with Gasteiger partial charge in [0.1, 0.15) is 17.8 Å². The zero-order valence-electron chi connectivity index (χ0n) is 22.8. The Morgan fingerprint density at radius 1 is 0.923 bits per heavy atom. The third kappa shape index (κ3) is 5.36. The van der Waals surface area contributed by atoms with Crippen molar-refractivity contribution in [2.75, 3.05) is 21.3 Å². The Bertz CT molecular complexity index is 1340. The Morgan fingerprint density at radius 3 is 2.31 bits per heavy atom. The Kier molecular flexibility index (Phi) is 8.12. The van der Waals surface area contributed by atoms with E-state index < -0.39 is 11.8 Å². The van der Waals surface area contributed by atoms with Crippen LogP contribution in [0.2, 0.25) is 0 Å². The highest BCUT2D eigenvalue weighted by molar-refractivity contribution is 9.10. The normalized spacial score (nSPS) is 23.3. The number of halogens is 1. The molecule has 2 aromatic rings. The number of methoxy groups -OCH3 is 3.